The van der Waals surface area contributed by atoms with Gasteiger partial charge in [0.1, 0.15) is 40.9 Å². The normalized spacial score (nSPS) is 28.7. The maximum absolute atomic E-state index is 10.4. The molecule has 3 heterocycles. The van der Waals surface area contributed by atoms with Gasteiger partial charge in [-0.15, -0.1) is 0 Å². The fourth-order valence-corrected chi connectivity index (χ4v) is 3.50. The van der Waals surface area contributed by atoms with Crippen molar-refractivity contribution in [3.05, 3.63) is 40.4 Å². The van der Waals surface area contributed by atoms with E-state index in [1.54, 1.807) is 25.1 Å². The molecule has 0 bridgehead atoms. The molecule has 5 atom stereocenters. The van der Waals surface area contributed by atoms with Crippen LogP contribution >= 0.6 is 12.2 Å². The van der Waals surface area contributed by atoms with Crippen LogP contribution in [0, 0.1) is 22.9 Å². The number of pyridine rings is 1. The summed E-state index contributed by atoms with van der Waals surface area (Å²) in [5, 5.41) is 49.2. The Morgan fingerprint density at radius 3 is 2.58 bits per heavy atom. The monoisotopic (exact) mass is 378 g/mol. The molecule has 0 unspecified atom stereocenters. The van der Waals surface area contributed by atoms with Crippen molar-refractivity contribution in [1.82, 2.24) is 4.57 Å². The number of furan rings is 1. The summed E-state index contributed by atoms with van der Waals surface area (Å²) in [6.07, 6.45) is -5.28. The molecule has 0 spiro atoms. The van der Waals surface area contributed by atoms with Crippen molar-refractivity contribution in [1.29, 1.82) is 5.26 Å². The van der Waals surface area contributed by atoms with Gasteiger partial charge in [-0.05, 0) is 25.1 Å². The van der Waals surface area contributed by atoms with Gasteiger partial charge >= 0.3 is 0 Å². The van der Waals surface area contributed by atoms with Gasteiger partial charge in [-0.1, -0.05) is 12.2 Å². The smallest absolute Gasteiger partial charge is 0.164 e. The van der Waals surface area contributed by atoms with Crippen molar-refractivity contribution in [2.75, 3.05) is 6.61 Å². The molecule has 2 aromatic rings. The van der Waals surface area contributed by atoms with E-state index in [0.717, 1.165) is 0 Å². The predicted octanol–water partition coefficient (Wildman–Crippen LogP) is 0.630. The van der Waals surface area contributed by atoms with Crippen LogP contribution in [0.25, 0.3) is 11.3 Å². The number of aliphatic hydroxyl groups excluding tert-OH is 4. The van der Waals surface area contributed by atoms with Gasteiger partial charge in [-0.3, -0.25) is 0 Å². The van der Waals surface area contributed by atoms with Gasteiger partial charge in [0.25, 0.3) is 0 Å². The third-order valence-corrected chi connectivity index (χ3v) is 4.86. The number of aromatic nitrogens is 1. The SMILES string of the molecule is Cc1cc(-c2ccco2)c(C#N)c(=S)n1[C@H]1O[C@@H](CO)[C@@H](O)[C@@H](O)[C@@H]1O. The fraction of sp³-hybridized carbons (Fsp3) is 0.412. The first kappa shape index (κ1) is 18.7. The summed E-state index contributed by atoms with van der Waals surface area (Å²) in [5.74, 6) is 0.469. The first-order valence-electron chi connectivity index (χ1n) is 7.91. The molecule has 1 fully saturated rings. The van der Waals surface area contributed by atoms with Gasteiger partial charge in [0.15, 0.2) is 6.23 Å². The third-order valence-electron chi connectivity index (χ3n) is 4.46. The quantitative estimate of drug-likeness (QED) is 0.572. The first-order chi connectivity index (χ1) is 12.4. The molecular formula is C17H18N2O6S. The van der Waals surface area contributed by atoms with Crippen molar-refractivity contribution >= 4 is 12.2 Å². The fourth-order valence-electron chi connectivity index (χ4n) is 3.09. The largest absolute Gasteiger partial charge is 0.464 e. The minimum Gasteiger partial charge on any atom is -0.464 e. The van der Waals surface area contributed by atoms with Crippen molar-refractivity contribution in [2.24, 2.45) is 0 Å². The Morgan fingerprint density at radius 2 is 2.00 bits per heavy atom. The van der Waals surface area contributed by atoms with Crippen LogP contribution in [0.15, 0.2) is 28.9 Å². The second-order valence-electron chi connectivity index (χ2n) is 6.06. The van der Waals surface area contributed by atoms with Crippen LogP contribution in [0.2, 0.25) is 0 Å². The minimum absolute atomic E-state index is 0.0863. The van der Waals surface area contributed by atoms with Gasteiger partial charge in [-0.25, -0.2) is 0 Å². The third kappa shape index (κ3) is 2.97. The number of nitriles is 1. The summed E-state index contributed by atoms with van der Waals surface area (Å²) in [4.78, 5) is 0. The summed E-state index contributed by atoms with van der Waals surface area (Å²) in [6, 6.07) is 7.08. The second kappa shape index (κ2) is 7.28. The van der Waals surface area contributed by atoms with E-state index in [1.165, 1.54) is 10.8 Å². The molecule has 0 saturated carbocycles. The molecule has 0 aromatic carbocycles. The molecule has 1 saturated heterocycles. The van der Waals surface area contributed by atoms with E-state index in [4.69, 9.17) is 21.4 Å². The molecule has 9 heteroatoms. The Bertz CT molecular complexity index is 886. The molecule has 1 aliphatic rings. The Hall–Kier alpha value is -2.06. The van der Waals surface area contributed by atoms with Gasteiger partial charge in [0.2, 0.25) is 0 Å². The first-order valence-corrected chi connectivity index (χ1v) is 8.32. The highest BCUT2D eigenvalue weighted by atomic mass is 32.1. The standard InChI is InChI=1S/C17H18N2O6S/c1-8-5-9(11-3-2-4-24-11)10(6-18)17(26)19(8)16-15(23)14(22)13(21)12(7-20)25-16/h2-5,12-16,20-23H,7H2,1H3/t12-,13+,14+,15-,16-/m0/s1. The maximum Gasteiger partial charge on any atom is 0.164 e. The van der Waals surface area contributed by atoms with Crippen LogP contribution in [0.1, 0.15) is 17.5 Å². The number of hydrogen-bond acceptors (Lipinski definition) is 8. The lowest BCUT2D eigenvalue weighted by Gasteiger charge is -2.41. The summed E-state index contributed by atoms with van der Waals surface area (Å²) in [5.41, 5.74) is 1.20. The Morgan fingerprint density at radius 1 is 1.27 bits per heavy atom. The van der Waals surface area contributed by atoms with Crippen LogP contribution < -0.4 is 0 Å². The summed E-state index contributed by atoms with van der Waals surface area (Å²) in [7, 11) is 0. The summed E-state index contributed by atoms with van der Waals surface area (Å²) < 4.78 is 12.4. The molecule has 8 nitrogen and oxygen atoms in total. The van der Waals surface area contributed by atoms with Gasteiger partial charge in [-0.2, -0.15) is 5.26 Å². The topological polar surface area (TPSA) is 132 Å². The average molecular weight is 378 g/mol. The number of hydrogen-bond donors (Lipinski definition) is 4. The highest BCUT2D eigenvalue weighted by molar-refractivity contribution is 7.71. The van der Waals surface area contributed by atoms with E-state index in [-0.39, 0.29) is 10.2 Å². The van der Waals surface area contributed by atoms with Crippen LogP contribution in [-0.2, 0) is 4.74 Å². The molecule has 0 aliphatic carbocycles. The van der Waals surface area contributed by atoms with Crippen LogP contribution in [0.4, 0.5) is 0 Å². The zero-order valence-corrected chi connectivity index (χ0v) is 14.6. The molecule has 4 N–H and O–H groups in total. The second-order valence-corrected chi connectivity index (χ2v) is 6.44. The van der Waals surface area contributed by atoms with E-state index in [9.17, 15) is 25.7 Å². The van der Waals surface area contributed by atoms with Crippen LogP contribution in [-0.4, -0.2) is 56.0 Å². The highest BCUT2D eigenvalue weighted by Gasteiger charge is 2.44. The number of nitrogens with zero attached hydrogens (tertiary/aromatic N) is 2. The summed E-state index contributed by atoms with van der Waals surface area (Å²) >= 11 is 5.42. The lowest BCUT2D eigenvalue weighted by Crippen LogP contribution is -2.56. The Labute approximate surface area is 154 Å². The Balaban J connectivity index is 2.14. The van der Waals surface area contributed by atoms with Crippen molar-refractivity contribution in [3.8, 4) is 17.4 Å². The van der Waals surface area contributed by atoms with Gasteiger partial charge in [0.05, 0.1) is 18.4 Å². The van der Waals surface area contributed by atoms with E-state index in [0.29, 0.717) is 17.0 Å². The average Bonchev–Trinajstić information content (AvgIpc) is 3.15. The zero-order valence-electron chi connectivity index (χ0n) is 13.8. The lowest BCUT2D eigenvalue weighted by molar-refractivity contribution is -0.252. The zero-order chi connectivity index (χ0) is 19.0. The molecule has 2 aromatic heterocycles. The van der Waals surface area contributed by atoms with Crippen LogP contribution in [0.5, 0.6) is 0 Å². The van der Waals surface area contributed by atoms with Crippen molar-refractivity contribution in [3.63, 3.8) is 0 Å². The maximum atomic E-state index is 10.4. The minimum atomic E-state index is -1.54. The predicted molar refractivity (Wildman–Crippen MR) is 91.4 cm³/mol. The number of rotatable bonds is 3. The molecule has 1 aliphatic heterocycles. The Kier molecular flexibility index (Phi) is 5.24. The van der Waals surface area contributed by atoms with Gasteiger partial charge < -0.3 is 34.1 Å². The number of aryl methyl sites for hydroxylation is 1. The molecular weight excluding hydrogens is 360 g/mol. The summed E-state index contributed by atoms with van der Waals surface area (Å²) in [6.45, 7) is 1.15. The molecule has 3 rings (SSSR count). The van der Waals surface area contributed by atoms with E-state index >= 15 is 0 Å². The molecule has 0 amide bonds. The van der Waals surface area contributed by atoms with Crippen molar-refractivity contribution < 1.29 is 29.6 Å². The molecule has 138 valence electrons. The highest BCUT2D eigenvalue weighted by Crippen LogP contribution is 2.33. The van der Waals surface area contributed by atoms with Crippen molar-refractivity contribution in [2.45, 2.75) is 37.6 Å². The van der Waals surface area contributed by atoms with Crippen LogP contribution in [0.3, 0.4) is 0 Å². The van der Waals surface area contributed by atoms with E-state index in [2.05, 4.69) is 0 Å². The molecule has 0 radical (unpaired) electrons. The number of ether oxygens (including phenoxy) is 1. The lowest BCUT2D eigenvalue weighted by atomic mass is 9.97. The van der Waals surface area contributed by atoms with E-state index in [1.807, 2.05) is 6.07 Å². The molecule has 26 heavy (non-hydrogen) atoms. The van der Waals surface area contributed by atoms with Gasteiger partial charge in [0, 0.05) is 11.3 Å². The van der Waals surface area contributed by atoms with E-state index < -0.39 is 37.3 Å². The number of aliphatic hydroxyl groups is 4.